The van der Waals surface area contributed by atoms with Crippen LogP contribution in [-0.4, -0.2) is 4.57 Å². The number of rotatable bonds is 1. The second kappa shape index (κ2) is 3.62. The van der Waals surface area contributed by atoms with Crippen molar-refractivity contribution in [2.45, 2.75) is 6.92 Å². The molecule has 0 saturated carbocycles. The van der Waals surface area contributed by atoms with Crippen LogP contribution in [-0.2, 0) is 7.05 Å². The molecule has 2 nitrogen and oxygen atoms in total. The molecule has 0 fully saturated rings. The van der Waals surface area contributed by atoms with Crippen LogP contribution in [0, 0.1) is 18.3 Å². The van der Waals surface area contributed by atoms with Gasteiger partial charge in [-0.3, -0.25) is 0 Å². The molecule has 0 aliphatic rings. The minimum Gasteiger partial charge on any atom is -0.335 e. The van der Waals surface area contributed by atoms with E-state index in [1.54, 1.807) is 0 Å². The highest BCUT2D eigenvalue weighted by Crippen LogP contribution is 2.21. The van der Waals surface area contributed by atoms with Crippen molar-refractivity contribution in [1.82, 2.24) is 4.57 Å². The molecule has 0 atom stereocenters. The maximum Gasteiger partial charge on any atom is 0.120 e. The van der Waals surface area contributed by atoms with E-state index in [0.717, 1.165) is 11.3 Å². The average Bonchev–Trinajstić information content (AvgIpc) is 2.61. The molecule has 0 amide bonds. The van der Waals surface area contributed by atoms with Crippen LogP contribution in [0.15, 0.2) is 36.4 Å². The monoisotopic (exact) mass is 196 g/mol. The van der Waals surface area contributed by atoms with Gasteiger partial charge in [0.25, 0.3) is 0 Å². The third kappa shape index (κ3) is 1.64. The molecule has 2 rings (SSSR count). The summed E-state index contributed by atoms with van der Waals surface area (Å²) < 4.78 is 1.91. The summed E-state index contributed by atoms with van der Waals surface area (Å²) in [5.74, 6) is 0. The Morgan fingerprint density at radius 3 is 2.27 bits per heavy atom. The Bertz CT molecular complexity index is 512. The quantitative estimate of drug-likeness (QED) is 0.689. The molecule has 1 heterocycles. The Morgan fingerprint density at radius 2 is 1.73 bits per heavy atom. The summed E-state index contributed by atoms with van der Waals surface area (Å²) in [5, 5.41) is 8.85. The van der Waals surface area contributed by atoms with Gasteiger partial charge in [-0.05, 0) is 24.6 Å². The molecule has 0 spiro atoms. The van der Waals surface area contributed by atoms with Crippen LogP contribution in [0.5, 0.6) is 0 Å². The second-order valence-electron chi connectivity index (χ2n) is 3.64. The van der Waals surface area contributed by atoms with E-state index >= 15 is 0 Å². The van der Waals surface area contributed by atoms with E-state index < -0.39 is 0 Å². The van der Waals surface area contributed by atoms with Crippen LogP contribution < -0.4 is 0 Å². The van der Waals surface area contributed by atoms with Gasteiger partial charge in [0, 0.05) is 12.7 Å². The van der Waals surface area contributed by atoms with Crippen molar-refractivity contribution < 1.29 is 0 Å². The highest BCUT2D eigenvalue weighted by Gasteiger charge is 2.05. The first kappa shape index (κ1) is 9.54. The van der Waals surface area contributed by atoms with Crippen LogP contribution in [0.2, 0.25) is 0 Å². The lowest BCUT2D eigenvalue weighted by atomic mass is 10.1. The third-order valence-electron chi connectivity index (χ3n) is 2.58. The summed E-state index contributed by atoms with van der Waals surface area (Å²) in [6.07, 6.45) is 0. The molecule has 0 radical (unpaired) electrons. The highest BCUT2D eigenvalue weighted by molar-refractivity contribution is 5.62. The van der Waals surface area contributed by atoms with Crippen LogP contribution >= 0.6 is 0 Å². The van der Waals surface area contributed by atoms with Gasteiger partial charge in [0.05, 0.1) is 0 Å². The molecule has 0 aliphatic carbocycles. The fraction of sp³-hybridized carbons (Fsp3) is 0.154. The predicted molar refractivity (Wildman–Crippen MR) is 60.3 cm³/mol. The molecule has 1 aromatic carbocycles. The summed E-state index contributed by atoms with van der Waals surface area (Å²) in [6, 6.07) is 14.3. The number of benzene rings is 1. The molecule has 0 bridgehead atoms. The number of aromatic nitrogens is 1. The molecule has 2 aromatic rings. The first-order valence-electron chi connectivity index (χ1n) is 4.85. The Hall–Kier alpha value is -2.01. The lowest BCUT2D eigenvalue weighted by Crippen LogP contribution is -1.94. The first-order chi connectivity index (χ1) is 7.22. The van der Waals surface area contributed by atoms with Gasteiger partial charge >= 0.3 is 0 Å². The molecule has 0 N–H and O–H groups in total. The fourth-order valence-electron chi connectivity index (χ4n) is 1.64. The van der Waals surface area contributed by atoms with Crippen molar-refractivity contribution >= 4 is 0 Å². The van der Waals surface area contributed by atoms with E-state index in [4.69, 9.17) is 5.26 Å². The summed E-state index contributed by atoms with van der Waals surface area (Å²) in [6.45, 7) is 2.06. The molecule has 2 heteroatoms. The van der Waals surface area contributed by atoms with E-state index in [1.807, 2.05) is 23.7 Å². The molecule has 1 aromatic heterocycles. The molecular weight excluding hydrogens is 184 g/mol. The summed E-state index contributed by atoms with van der Waals surface area (Å²) in [7, 11) is 1.91. The summed E-state index contributed by atoms with van der Waals surface area (Å²) in [4.78, 5) is 0. The van der Waals surface area contributed by atoms with E-state index in [-0.39, 0.29) is 0 Å². The molecule has 15 heavy (non-hydrogen) atoms. The normalized spacial score (nSPS) is 9.93. The largest absolute Gasteiger partial charge is 0.335 e. The second-order valence-corrected chi connectivity index (χ2v) is 3.64. The van der Waals surface area contributed by atoms with Gasteiger partial charge in [-0.1, -0.05) is 29.8 Å². The third-order valence-corrected chi connectivity index (χ3v) is 2.58. The van der Waals surface area contributed by atoms with Crippen molar-refractivity contribution in [2.75, 3.05) is 0 Å². The number of nitrogens with zero attached hydrogens (tertiary/aromatic N) is 2. The zero-order valence-electron chi connectivity index (χ0n) is 8.86. The highest BCUT2D eigenvalue weighted by atomic mass is 15.0. The van der Waals surface area contributed by atoms with Gasteiger partial charge < -0.3 is 4.57 Å². The fourth-order valence-corrected chi connectivity index (χ4v) is 1.64. The Labute approximate surface area is 89.4 Å². The van der Waals surface area contributed by atoms with Crippen LogP contribution in [0.3, 0.4) is 0 Å². The average molecular weight is 196 g/mol. The number of nitriles is 1. The van der Waals surface area contributed by atoms with Crippen molar-refractivity contribution in [1.29, 1.82) is 5.26 Å². The topological polar surface area (TPSA) is 28.7 Å². The van der Waals surface area contributed by atoms with Crippen molar-refractivity contribution in [3.63, 3.8) is 0 Å². The minimum atomic E-state index is 0.686. The minimum absolute atomic E-state index is 0.686. The van der Waals surface area contributed by atoms with Gasteiger partial charge in [0.1, 0.15) is 11.8 Å². The zero-order chi connectivity index (χ0) is 10.8. The van der Waals surface area contributed by atoms with E-state index in [2.05, 4.69) is 37.3 Å². The molecular formula is C13H12N2. The number of aryl methyl sites for hydroxylation is 1. The Morgan fingerprint density at radius 1 is 1.07 bits per heavy atom. The van der Waals surface area contributed by atoms with Gasteiger partial charge in [-0.2, -0.15) is 5.26 Å². The van der Waals surface area contributed by atoms with Crippen LogP contribution in [0.25, 0.3) is 11.3 Å². The molecule has 0 saturated heterocycles. The van der Waals surface area contributed by atoms with Crippen LogP contribution in [0.1, 0.15) is 11.3 Å². The predicted octanol–water partition coefficient (Wildman–Crippen LogP) is 2.87. The molecule has 0 unspecified atom stereocenters. The lowest BCUT2D eigenvalue weighted by Gasteiger charge is -2.04. The van der Waals surface area contributed by atoms with Gasteiger partial charge in [-0.25, -0.2) is 0 Å². The number of hydrogen-bond donors (Lipinski definition) is 0. The number of hydrogen-bond acceptors (Lipinski definition) is 1. The first-order valence-corrected chi connectivity index (χ1v) is 4.85. The Kier molecular flexibility index (Phi) is 2.31. The molecule has 0 aliphatic heterocycles. The van der Waals surface area contributed by atoms with Crippen LogP contribution in [0.4, 0.5) is 0 Å². The summed E-state index contributed by atoms with van der Waals surface area (Å²) >= 11 is 0. The van der Waals surface area contributed by atoms with E-state index in [9.17, 15) is 0 Å². The maximum absolute atomic E-state index is 8.85. The summed E-state index contributed by atoms with van der Waals surface area (Å²) in [5.41, 5.74) is 4.15. The van der Waals surface area contributed by atoms with E-state index in [1.165, 1.54) is 5.56 Å². The van der Waals surface area contributed by atoms with Crippen molar-refractivity contribution in [2.24, 2.45) is 7.05 Å². The SMILES string of the molecule is Cc1ccc(-c2ccc(C#N)n2C)cc1. The Balaban J connectivity index is 2.51. The zero-order valence-corrected chi connectivity index (χ0v) is 8.86. The van der Waals surface area contributed by atoms with Crippen molar-refractivity contribution in [3.8, 4) is 17.3 Å². The molecule has 74 valence electrons. The van der Waals surface area contributed by atoms with E-state index in [0.29, 0.717) is 5.69 Å². The van der Waals surface area contributed by atoms with Crippen molar-refractivity contribution in [3.05, 3.63) is 47.7 Å². The lowest BCUT2D eigenvalue weighted by molar-refractivity contribution is 0.917. The standard InChI is InChI=1S/C13H12N2/c1-10-3-5-11(6-4-10)13-8-7-12(9-14)15(13)2/h3-8H,1-2H3. The van der Waals surface area contributed by atoms with Gasteiger partial charge in [0.2, 0.25) is 0 Å². The van der Waals surface area contributed by atoms with Gasteiger partial charge in [0.15, 0.2) is 0 Å². The smallest absolute Gasteiger partial charge is 0.120 e. The van der Waals surface area contributed by atoms with Gasteiger partial charge in [-0.15, -0.1) is 0 Å². The maximum atomic E-state index is 8.85.